The Morgan fingerprint density at radius 3 is 2.33 bits per heavy atom. The van der Waals surface area contributed by atoms with Crippen molar-refractivity contribution in [2.24, 2.45) is 0 Å². The third-order valence-corrected chi connectivity index (χ3v) is 3.30. The summed E-state index contributed by atoms with van der Waals surface area (Å²) in [6, 6.07) is 2.30. The molecule has 0 N–H and O–H groups in total. The lowest BCUT2D eigenvalue weighted by Gasteiger charge is -2.14. The Hall–Kier alpha value is -0.230. The Balaban J connectivity index is 3.38. The summed E-state index contributed by atoms with van der Waals surface area (Å²) in [4.78, 5) is 0. The Morgan fingerprint density at radius 2 is 1.93 bits per heavy atom. The van der Waals surface area contributed by atoms with Crippen molar-refractivity contribution in [1.82, 2.24) is 0 Å². The van der Waals surface area contributed by atoms with Crippen LogP contribution in [0.3, 0.4) is 0 Å². The monoisotopic (exact) mass is 346 g/mol. The predicted molar refractivity (Wildman–Crippen MR) is 58.3 cm³/mol. The van der Waals surface area contributed by atoms with Gasteiger partial charge in [-0.15, -0.1) is 0 Å². The lowest BCUT2D eigenvalue weighted by molar-refractivity contribution is -0.138. The molecule has 1 rings (SSSR count). The van der Waals surface area contributed by atoms with Crippen LogP contribution in [0, 0.1) is 0 Å². The van der Waals surface area contributed by atoms with Crippen molar-refractivity contribution < 1.29 is 17.9 Å². The zero-order valence-corrected chi connectivity index (χ0v) is 10.8. The first-order valence-electron chi connectivity index (χ1n) is 3.90. The standard InChI is InChI=1S/C9H7Br2F3O/c1-15-7-3-2-6(9(12,13)14)5(4-10)8(7)11/h2-3H,4H2,1H3. The topological polar surface area (TPSA) is 9.23 Å². The van der Waals surface area contributed by atoms with E-state index in [0.29, 0.717) is 10.2 Å². The number of rotatable bonds is 2. The van der Waals surface area contributed by atoms with Gasteiger partial charge in [0.1, 0.15) is 5.75 Å². The number of ether oxygens (including phenoxy) is 1. The second-order valence-electron chi connectivity index (χ2n) is 2.74. The van der Waals surface area contributed by atoms with Gasteiger partial charge in [-0.2, -0.15) is 13.2 Å². The first-order chi connectivity index (χ1) is 6.91. The van der Waals surface area contributed by atoms with Crippen LogP contribution in [0.25, 0.3) is 0 Å². The van der Waals surface area contributed by atoms with E-state index in [1.54, 1.807) is 0 Å². The molecule has 1 nitrogen and oxygen atoms in total. The van der Waals surface area contributed by atoms with Crippen LogP contribution in [0.15, 0.2) is 16.6 Å². The lowest BCUT2D eigenvalue weighted by atomic mass is 10.1. The number of hydrogen-bond donors (Lipinski definition) is 0. The average molecular weight is 348 g/mol. The molecule has 84 valence electrons. The fourth-order valence-corrected chi connectivity index (χ4v) is 2.76. The van der Waals surface area contributed by atoms with Crippen LogP contribution in [-0.2, 0) is 11.5 Å². The molecular weight excluding hydrogens is 341 g/mol. The maximum absolute atomic E-state index is 12.6. The molecule has 0 heterocycles. The van der Waals surface area contributed by atoms with Crippen molar-refractivity contribution in [3.05, 3.63) is 27.7 Å². The van der Waals surface area contributed by atoms with E-state index in [-0.39, 0.29) is 10.9 Å². The molecule has 0 aromatic heterocycles. The minimum Gasteiger partial charge on any atom is -0.496 e. The zero-order chi connectivity index (χ0) is 11.6. The van der Waals surface area contributed by atoms with Gasteiger partial charge < -0.3 is 4.74 Å². The molecule has 0 atom stereocenters. The van der Waals surface area contributed by atoms with Crippen molar-refractivity contribution in [2.75, 3.05) is 7.11 Å². The number of benzene rings is 1. The molecule has 0 aliphatic rings. The van der Waals surface area contributed by atoms with Gasteiger partial charge in [0.25, 0.3) is 0 Å². The highest BCUT2D eigenvalue weighted by atomic mass is 79.9. The maximum Gasteiger partial charge on any atom is 0.416 e. The van der Waals surface area contributed by atoms with E-state index in [1.165, 1.54) is 13.2 Å². The highest BCUT2D eigenvalue weighted by Gasteiger charge is 2.34. The summed E-state index contributed by atoms with van der Waals surface area (Å²) in [5.41, 5.74) is -0.520. The summed E-state index contributed by atoms with van der Waals surface area (Å²) in [5.74, 6) is 0.387. The van der Waals surface area contributed by atoms with Crippen LogP contribution < -0.4 is 4.74 Å². The van der Waals surface area contributed by atoms with E-state index in [4.69, 9.17) is 4.74 Å². The van der Waals surface area contributed by atoms with Crippen LogP contribution in [0.4, 0.5) is 13.2 Å². The molecule has 0 amide bonds. The van der Waals surface area contributed by atoms with Gasteiger partial charge in [-0.25, -0.2) is 0 Å². The van der Waals surface area contributed by atoms with E-state index in [0.717, 1.165) is 6.07 Å². The maximum atomic E-state index is 12.6. The molecule has 1 aromatic carbocycles. The first-order valence-corrected chi connectivity index (χ1v) is 5.81. The summed E-state index contributed by atoms with van der Waals surface area (Å²) in [6.07, 6.45) is -4.35. The molecule has 15 heavy (non-hydrogen) atoms. The van der Waals surface area contributed by atoms with Gasteiger partial charge >= 0.3 is 6.18 Å². The van der Waals surface area contributed by atoms with Crippen LogP contribution in [-0.4, -0.2) is 7.11 Å². The molecule has 0 saturated carbocycles. The molecule has 0 radical (unpaired) electrons. The Kier molecular flexibility index (Phi) is 4.06. The van der Waals surface area contributed by atoms with Crippen LogP contribution in [0.2, 0.25) is 0 Å². The Labute approximate surface area is 102 Å². The van der Waals surface area contributed by atoms with Gasteiger partial charge in [0.2, 0.25) is 0 Å². The lowest BCUT2D eigenvalue weighted by Crippen LogP contribution is -2.09. The van der Waals surface area contributed by atoms with Gasteiger partial charge in [-0.1, -0.05) is 15.9 Å². The molecule has 0 saturated heterocycles. The number of methoxy groups -OCH3 is 1. The van der Waals surface area contributed by atoms with Crippen molar-refractivity contribution in [3.8, 4) is 5.75 Å². The number of hydrogen-bond acceptors (Lipinski definition) is 1. The van der Waals surface area contributed by atoms with E-state index in [2.05, 4.69) is 31.9 Å². The molecule has 6 heteroatoms. The molecule has 1 aromatic rings. The van der Waals surface area contributed by atoms with E-state index in [1.807, 2.05) is 0 Å². The highest BCUT2D eigenvalue weighted by molar-refractivity contribution is 9.11. The molecule has 0 aliphatic carbocycles. The predicted octanol–water partition coefficient (Wildman–Crippen LogP) is 4.37. The van der Waals surface area contributed by atoms with Crippen molar-refractivity contribution in [2.45, 2.75) is 11.5 Å². The summed E-state index contributed by atoms with van der Waals surface area (Å²) >= 11 is 6.12. The van der Waals surface area contributed by atoms with Gasteiger partial charge in [0.05, 0.1) is 17.1 Å². The molecule has 0 fully saturated rings. The molecular formula is C9H7Br2F3O. The summed E-state index contributed by atoms with van der Waals surface area (Å²) < 4.78 is 43.0. The minimum absolute atomic E-state index is 0.111. The van der Waals surface area contributed by atoms with Gasteiger partial charge in [-0.3, -0.25) is 0 Å². The average Bonchev–Trinajstić information content (AvgIpc) is 2.15. The second kappa shape index (κ2) is 4.74. The first kappa shape index (κ1) is 12.8. The molecule has 0 aliphatic heterocycles. The van der Waals surface area contributed by atoms with Gasteiger partial charge in [0, 0.05) is 5.33 Å². The second-order valence-corrected chi connectivity index (χ2v) is 4.09. The third kappa shape index (κ3) is 2.66. The van der Waals surface area contributed by atoms with E-state index in [9.17, 15) is 13.2 Å². The smallest absolute Gasteiger partial charge is 0.416 e. The van der Waals surface area contributed by atoms with Crippen molar-refractivity contribution in [1.29, 1.82) is 0 Å². The Bertz CT molecular complexity index is 363. The summed E-state index contributed by atoms with van der Waals surface area (Å²) in [6.45, 7) is 0. The normalized spacial score (nSPS) is 11.6. The third-order valence-electron chi connectivity index (χ3n) is 1.87. The minimum atomic E-state index is -4.35. The highest BCUT2D eigenvalue weighted by Crippen LogP contribution is 2.40. The molecule has 0 unspecified atom stereocenters. The number of alkyl halides is 4. The fourth-order valence-electron chi connectivity index (χ4n) is 1.15. The largest absolute Gasteiger partial charge is 0.496 e. The Morgan fingerprint density at radius 1 is 1.33 bits per heavy atom. The van der Waals surface area contributed by atoms with Crippen molar-refractivity contribution in [3.63, 3.8) is 0 Å². The summed E-state index contributed by atoms with van der Waals surface area (Å²) in [7, 11) is 1.41. The van der Waals surface area contributed by atoms with Gasteiger partial charge in [-0.05, 0) is 33.6 Å². The SMILES string of the molecule is COc1ccc(C(F)(F)F)c(CBr)c1Br. The quantitative estimate of drug-likeness (QED) is 0.722. The summed E-state index contributed by atoms with van der Waals surface area (Å²) in [5, 5.41) is 0.111. The fraction of sp³-hybridized carbons (Fsp3) is 0.333. The molecule has 0 bridgehead atoms. The zero-order valence-electron chi connectivity index (χ0n) is 7.66. The van der Waals surface area contributed by atoms with Gasteiger partial charge in [0.15, 0.2) is 0 Å². The van der Waals surface area contributed by atoms with Crippen molar-refractivity contribution >= 4 is 31.9 Å². The molecule has 0 spiro atoms. The number of halogens is 5. The van der Waals surface area contributed by atoms with E-state index < -0.39 is 11.7 Å². The van der Waals surface area contributed by atoms with E-state index >= 15 is 0 Å². The van der Waals surface area contributed by atoms with Crippen LogP contribution in [0.5, 0.6) is 5.75 Å². The van der Waals surface area contributed by atoms with Crippen LogP contribution >= 0.6 is 31.9 Å². The van der Waals surface area contributed by atoms with Crippen LogP contribution in [0.1, 0.15) is 11.1 Å².